The molecule has 2 aromatic heterocycles. The molecule has 7 rings (SSSR count). The van der Waals surface area contributed by atoms with E-state index in [1.165, 1.54) is 5.56 Å². The summed E-state index contributed by atoms with van der Waals surface area (Å²) in [4.78, 5) is 16.5. The van der Waals surface area contributed by atoms with Crippen molar-refractivity contribution in [1.82, 2.24) is 9.55 Å². The summed E-state index contributed by atoms with van der Waals surface area (Å²) in [6.07, 6.45) is 4.93. The van der Waals surface area contributed by atoms with E-state index < -0.39 is 5.54 Å². The van der Waals surface area contributed by atoms with Crippen molar-refractivity contribution in [3.05, 3.63) is 167 Å². The highest BCUT2D eigenvalue weighted by molar-refractivity contribution is 5.92. The molecule has 0 bridgehead atoms. The SMILES string of the molecule is Cc1c(C=O)ccc2c1cc(C#N)n2CC1(c2ccc(NC(c3ccccc3)(c3ccccc3)c3ccccc3)nc2)CC1. The minimum atomic E-state index is -0.653. The number of rotatable bonds is 9. The average molecular weight is 573 g/mol. The molecule has 1 N–H and O–H groups in total. The molecule has 1 aliphatic rings. The lowest BCUT2D eigenvalue weighted by atomic mass is 9.77. The van der Waals surface area contributed by atoms with Crippen LogP contribution >= 0.6 is 0 Å². The third kappa shape index (κ3) is 4.56. The van der Waals surface area contributed by atoms with Crippen LogP contribution in [0.5, 0.6) is 0 Å². The molecule has 0 radical (unpaired) electrons. The lowest BCUT2D eigenvalue weighted by molar-refractivity contribution is 0.112. The maximum absolute atomic E-state index is 11.5. The Morgan fingerprint density at radius 3 is 1.93 bits per heavy atom. The molecule has 5 heteroatoms. The normalized spacial score (nSPS) is 13.7. The van der Waals surface area contributed by atoms with Gasteiger partial charge in [0, 0.05) is 34.6 Å². The van der Waals surface area contributed by atoms with Crippen LogP contribution in [0, 0.1) is 18.3 Å². The molecule has 1 aliphatic carbocycles. The van der Waals surface area contributed by atoms with Crippen LogP contribution in [0.3, 0.4) is 0 Å². The van der Waals surface area contributed by atoms with Crippen LogP contribution in [-0.4, -0.2) is 15.8 Å². The van der Waals surface area contributed by atoms with Crippen LogP contribution in [-0.2, 0) is 17.5 Å². The number of hydrogen-bond donors (Lipinski definition) is 1. The fraction of sp³-hybridized carbons (Fsp3) is 0.154. The first-order chi connectivity index (χ1) is 21.6. The Morgan fingerprint density at radius 2 is 1.45 bits per heavy atom. The number of nitrogens with one attached hydrogen (secondary N) is 1. The zero-order valence-corrected chi connectivity index (χ0v) is 24.6. The molecule has 1 saturated carbocycles. The summed E-state index contributed by atoms with van der Waals surface area (Å²) in [5.41, 5.74) is 6.96. The lowest BCUT2D eigenvalue weighted by Gasteiger charge is -2.37. The fourth-order valence-electron chi connectivity index (χ4n) is 6.63. The summed E-state index contributed by atoms with van der Waals surface area (Å²) in [6, 6.07) is 43.9. The molecule has 0 spiro atoms. The minimum Gasteiger partial charge on any atom is -0.353 e. The number of fused-ring (bicyclic) bond motifs is 1. The van der Waals surface area contributed by atoms with Crippen molar-refractivity contribution >= 4 is 23.0 Å². The first-order valence-corrected chi connectivity index (χ1v) is 15.0. The van der Waals surface area contributed by atoms with Crippen LogP contribution in [0.4, 0.5) is 5.82 Å². The van der Waals surface area contributed by atoms with Gasteiger partial charge >= 0.3 is 0 Å². The van der Waals surface area contributed by atoms with Gasteiger partial charge in [0.05, 0.1) is 0 Å². The molecule has 0 atom stereocenters. The van der Waals surface area contributed by atoms with Gasteiger partial charge in [0.1, 0.15) is 29.4 Å². The Balaban J connectivity index is 1.26. The predicted molar refractivity (Wildman–Crippen MR) is 175 cm³/mol. The molecule has 5 nitrogen and oxygen atoms in total. The molecule has 2 heterocycles. The second-order valence-electron chi connectivity index (χ2n) is 11.7. The Morgan fingerprint density at radius 1 is 0.864 bits per heavy atom. The number of benzene rings is 4. The Bertz CT molecular complexity index is 1890. The molecule has 0 amide bonds. The van der Waals surface area contributed by atoms with Gasteiger partial charge in [-0.25, -0.2) is 4.98 Å². The maximum Gasteiger partial charge on any atom is 0.150 e. The highest BCUT2D eigenvalue weighted by Crippen LogP contribution is 2.50. The van der Waals surface area contributed by atoms with Gasteiger partial charge in [0.25, 0.3) is 0 Å². The molecule has 214 valence electrons. The third-order valence-corrected chi connectivity index (χ3v) is 9.26. The standard InChI is InChI=1S/C39H32N4O/c1-28-29(26-44)17-19-36-35(28)23-34(24-40)43(36)27-38(21-22-38)33-18-20-37(41-25-33)42-39(30-11-5-2-6-12-30,31-13-7-3-8-14-31)32-15-9-4-10-16-32/h2-20,23,25-26H,21-22,27H2,1H3,(H,41,42). The van der Waals surface area contributed by atoms with Crippen molar-refractivity contribution in [2.45, 2.75) is 37.3 Å². The summed E-state index contributed by atoms with van der Waals surface area (Å²) < 4.78 is 2.11. The van der Waals surface area contributed by atoms with Gasteiger partial charge in [0.2, 0.25) is 0 Å². The quantitative estimate of drug-likeness (QED) is 0.140. The highest BCUT2D eigenvalue weighted by Gasteiger charge is 2.45. The minimum absolute atomic E-state index is 0.0876. The molecular weight excluding hydrogens is 540 g/mol. The van der Waals surface area contributed by atoms with E-state index in [2.05, 4.69) is 101 Å². The second kappa shape index (κ2) is 11.0. The van der Waals surface area contributed by atoms with Crippen LogP contribution in [0.2, 0.25) is 0 Å². The molecule has 6 aromatic rings. The Hall–Kier alpha value is -5.47. The van der Waals surface area contributed by atoms with Gasteiger partial charge < -0.3 is 9.88 Å². The van der Waals surface area contributed by atoms with Gasteiger partial charge in [-0.2, -0.15) is 5.26 Å². The number of carbonyl (C=O) groups is 1. The third-order valence-electron chi connectivity index (χ3n) is 9.26. The topological polar surface area (TPSA) is 70.7 Å². The van der Waals surface area contributed by atoms with Crippen molar-refractivity contribution < 1.29 is 4.79 Å². The number of pyridine rings is 1. The number of nitrogens with zero attached hydrogens (tertiary/aromatic N) is 3. The van der Waals surface area contributed by atoms with Crippen LogP contribution in [0.1, 0.15) is 56.7 Å². The lowest BCUT2D eigenvalue weighted by Crippen LogP contribution is -2.38. The van der Waals surface area contributed by atoms with Crippen LogP contribution < -0.4 is 5.32 Å². The number of hydrogen-bond acceptors (Lipinski definition) is 4. The van der Waals surface area contributed by atoms with Gasteiger partial charge in [-0.15, -0.1) is 0 Å². The monoisotopic (exact) mass is 572 g/mol. The molecule has 0 aliphatic heterocycles. The summed E-state index contributed by atoms with van der Waals surface area (Å²) in [5, 5.41) is 14.8. The first-order valence-electron chi connectivity index (χ1n) is 15.0. The Labute approximate surface area is 257 Å². The van der Waals surface area contributed by atoms with Gasteiger partial charge in [-0.3, -0.25) is 4.79 Å². The summed E-state index contributed by atoms with van der Waals surface area (Å²) in [7, 11) is 0. The second-order valence-corrected chi connectivity index (χ2v) is 11.7. The van der Waals surface area contributed by atoms with E-state index in [-0.39, 0.29) is 5.41 Å². The molecule has 44 heavy (non-hydrogen) atoms. The summed E-state index contributed by atoms with van der Waals surface area (Å²) in [5.74, 6) is 0.780. The number of carbonyl (C=O) groups excluding carboxylic acids is 1. The van der Waals surface area contributed by atoms with Crippen molar-refractivity contribution in [2.75, 3.05) is 5.32 Å². The fourth-order valence-corrected chi connectivity index (χ4v) is 6.63. The number of anilines is 1. The van der Waals surface area contributed by atoms with Gasteiger partial charge in [-0.1, -0.05) is 97.1 Å². The van der Waals surface area contributed by atoms with Crippen LogP contribution in [0.15, 0.2) is 128 Å². The molecule has 4 aromatic carbocycles. The van der Waals surface area contributed by atoms with Gasteiger partial charge in [0.15, 0.2) is 0 Å². The van der Waals surface area contributed by atoms with E-state index in [1.807, 2.05) is 49.5 Å². The van der Waals surface area contributed by atoms with Crippen molar-refractivity contribution in [3.8, 4) is 6.07 Å². The zero-order chi connectivity index (χ0) is 30.1. The molecule has 0 saturated heterocycles. The average Bonchev–Trinajstić information content (AvgIpc) is 3.79. The van der Waals surface area contributed by atoms with Crippen LogP contribution in [0.25, 0.3) is 10.9 Å². The molecule has 1 fully saturated rings. The smallest absolute Gasteiger partial charge is 0.150 e. The van der Waals surface area contributed by atoms with E-state index in [0.29, 0.717) is 17.8 Å². The predicted octanol–water partition coefficient (Wildman–Crippen LogP) is 8.16. The number of aromatic nitrogens is 2. The summed E-state index contributed by atoms with van der Waals surface area (Å²) >= 11 is 0. The highest BCUT2D eigenvalue weighted by atomic mass is 16.1. The van der Waals surface area contributed by atoms with Crippen molar-refractivity contribution in [2.24, 2.45) is 0 Å². The van der Waals surface area contributed by atoms with E-state index in [4.69, 9.17) is 4.98 Å². The Kier molecular flexibility index (Phi) is 6.83. The largest absolute Gasteiger partial charge is 0.353 e. The van der Waals surface area contributed by atoms with Crippen molar-refractivity contribution in [1.29, 1.82) is 5.26 Å². The van der Waals surface area contributed by atoms with Crippen molar-refractivity contribution in [3.63, 3.8) is 0 Å². The van der Waals surface area contributed by atoms with E-state index >= 15 is 0 Å². The number of aryl methyl sites for hydroxylation is 1. The number of nitriles is 1. The van der Waals surface area contributed by atoms with Gasteiger partial charge in [-0.05, 0) is 71.8 Å². The number of aldehydes is 1. The zero-order valence-electron chi connectivity index (χ0n) is 24.6. The first kappa shape index (κ1) is 27.4. The summed E-state index contributed by atoms with van der Waals surface area (Å²) in [6.45, 7) is 2.64. The maximum atomic E-state index is 11.5. The van der Waals surface area contributed by atoms with E-state index in [9.17, 15) is 10.1 Å². The van der Waals surface area contributed by atoms with E-state index in [1.54, 1.807) is 0 Å². The molecular formula is C39H32N4O. The van der Waals surface area contributed by atoms with E-state index in [0.717, 1.165) is 58.1 Å². The molecule has 0 unspecified atom stereocenters.